The van der Waals surface area contributed by atoms with Gasteiger partial charge in [-0.05, 0) is 24.3 Å². The number of amides is 1. The molecule has 4 nitrogen and oxygen atoms in total. The Morgan fingerprint density at radius 3 is 2.30 bits per heavy atom. The van der Waals surface area contributed by atoms with Crippen molar-refractivity contribution < 1.29 is 14.7 Å². The average molecular weight is 269 g/mol. The summed E-state index contributed by atoms with van der Waals surface area (Å²) >= 11 is 0. The fourth-order valence-corrected chi connectivity index (χ4v) is 1.46. The van der Waals surface area contributed by atoms with Gasteiger partial charge in [0, 0.05) is 5.70 Å². The Labute approximate surface area is 117 Å². The molecule has 0 unspecified atom stereocenters. The van der Waals surface area contributed by atoms with Crippen molar-refractivity contribution >= 4 is 11.9 Å². The molecule has 0 saturated carbocycles. The van der Waals surface area contributed by atoms with Crippen molar-refractivity contribution in [2.45, 2.75) is 0 Å². The largest absolute Gasteiger partial charge is 0.478 e. The van der Waals surface area contributed by atoms with Gasteiger partial charge in [-0.3, -0.25) is 4.79 Å². The lowest BCUT2D eigenvalue weighted by molar-refractivity contribution is 0.0691. The lowest BCUT2D eigenvalue weighted by atomic mass is 10.1. The lowest BCUT2D eigenvalue weighted by Gasteiger charge is -2.07. The highest BCUT2D eigenvalue weighted by Gasteiger charge is 2.15. The average Bonchev–Trinajstić information content (AvgIpc) is 2.46. The highest BCUT2D eigenvalue weighted by Crippen LogP contribution is 2.09. The van der Waals surface area contributed by atoms with Gasteiger partial charge in [0.05, 0.1) is 11.1 Å². The predicted octanol–water partition coefficient (Wildman–Crippen LogP) is 2.93. The third kappa shape index (κ3) is 4.10. The second kappa shape index (κ2) is 7.53. The minimum absolute atomic E-state index is 0.0463. The van der Waals surface area contributed by atoms with Crippen LogP contribution in [0.15, 0.2) is 73.5 Å². The van der Waals surface area contributed by atoms with Crippen LogP contribution >= 0.6 is 0 Å². The van der Waals surface area contributed by atoms with E-state index < -0.39 is 11.9 Å². The minimum Gasteiger partial charge on any atom is -0.478 e. The molecule has 0 heterocycles. The van der Waals surface area contributed by atoms with E-state index in [4.69, 9.17) is 5.11 Å². The SMILES string of the molecule is C=C/C=C\C=C(/C=C)NC(=O)c1ccccc1C(=O)O. The minimum atomic E-state index is -1.15. The van der Waals surface area contributed by atoms with E-state index in [0.717, 1.165) is 0 Å². The number of carbonyl (C=O) groups excluding carboxylic acids is 1. The van der Waals surface area contributed by atoms with Gasteiger partial charge in [-0.1, -0.05) is 43.5 Å². The molecule has 102 valence electrons. The van der Waals surface area contributed by atoms with E-state index in [0.29, 0.717) is 5.70 Å². The summed E-state index contributed by atoms with van der Waals surface area (Å²) in [5.74, 6) is -1.65. The van der Waals surface area contributed by atoms with Crippen LogP contribution in [-0.2, 0) is 0 Å². The Morgan fingerprint density at radius 2 is 1.75 bits per heavy atom. The van der Waals surface area contributed by atoms with Crippen LogP contribution in [0.5, 0.6) is 0 Å². The molecular weight excluding hydrogens is 254 g/mol. The summed E-state index contributed by atoms with van der Waals surface area (Å²) in [4.78, 5) is 23.1. The molecule has 0 saturated heterocycles. The summed E-state index contributed by atoms with van der Waals surface area (Å²) in [5, 5.41) is 11.6. The molecule has 20 heavy (non-hydrogen) atoms. The summed E-state index contributed by atoms with van der Waals surface area (Å²) in [6.07, 6.45) is 8.08. The topological polar surface area (TPSA) is 66.4 Å². The molecule has 4 heteroatoms. The molecule has 0 atom stereocenters. The van der Waals surface area contributed by atoms with Crippen LogP contribution in [0.2, 0.25) is 0 Å². The molecule has 0 aromatic heterocycles. The zero-order valence-corrected chi connectivity index (χ0v) is 10.9. The summed E-state index contributed by atoms with van der Waals surface area (Å²) in [6.45, 7) is 7.11. The second-order valence-corrected chi connectivity index (χ2v) is 3.75. The maximum atomic E-state index is 12.1. The number of benzene rings is 1. The molecule has 0 aliphatic rings. The third-order valence-electron chi connectivity index (χ3n) is 2.40. The number of rotatable bonds is 6. The highest BCUT2D eigenvalue weighted by molar-refractivity contribution is 6.05. The van der Waals surface area contributed by atoms with Gasteiger partial charge in [0.2, 0.25) is 0 Å². The number of carboxylic acid groups (broad SMARTS) is 1. The van der Waals surface area contributed by atoms with Crippen LogP contribution in [0, 0.1) is 0 Å². The van der Waals surface area contributed by atoms with Crippen LogP contribution in [0.3, 0.4) is 0 Å². The van der Waals surface area contributed by atoms with Crippen molar-refractivity contribution in [3.8, 4) is 0 Å². The predicted molar refractivity (Wildman–Crippen MR) is 78.5 cm³/mol. The molecule has 0 spiro atoms. The van der Waals surface area contributed by atoms with E-state index in [1.165, 1.54) is 18.2 Å². The van der Waals surface area contributed by atoms with Gasteiger partial charge in [-0.2, -0.15) is 0 Å². The van der Waals surface area contributed by atoms with E-state index in [-0.39, 0.29) is 11.1 Å². The van der Waals surface area contributed by atoms with Gasteiger partial charge in [0.15, 0.2) is 0 Å². The van der Waals surface area contributed by atoms with Gasteiger partial charge in [-0.25, -0.2) is 4.79 Å². The number of nitrogens with one attached hydrogen (secondary N) is 1. The van der Waals surface area contributed by atoms with Crippen LogP contribution in [-0.4, -0.2) is 17.0 Å². The van der Waals surface area contributed by atoms with Gasteiger partial charge in [0.1, 0.15) is 0 Å². The number of aromatic carboxylic acids is 1. The first-order valence-electron chi connectivity index (χ1n) is 5.85. The van der Waals surface area contributed by atoms with Gasteiger partial charge >= 0.3 is 5.97 Å². The molecule has 0 fully saturated rings. The molecule has 1 aromatic carbocycles. The first kappa shape index (κ1) is 15.2. The van der Waals surface area contributed by atoms with E-state index in [1.807, 2.05) is 0 Å². The first-order chi connectivity index (χ1) is 9.60. The molecule has 0 radical (unpaired) electrons. The molecule has 0 bridgehead atoms. The van der Waals surface area contributed by atoms with Crippen molar-refractivity contribution in [1.82, 2.24) is 5.32 Å². The van der Waals surface area contributed by atoms with Crippen molar-refractivity contribution in [3.63, 3.8) is 0 Å². The van der Waals surface area contributed by atoms with Gasteiger partial charge in [0.25, 0.3) is 5.91 Å². The van der Waals surface area contributed by atoms with E-state index in [2.05, 4.69) is 18.5 Å². The quantitative estimate of drug-likeness (QED) is 0.780. The third-order valence-corrected chi connectivity index (χ3v) is 2.40. The Hall–Kier alpha value is -2.88. The molecule has 1 amide bonds. The Balaban J connectivity index is 2.99. The number of allylic oxidation sites excluding steroid dienone is 5. The van der Waals surface area contributed by atoms with E-state index in [9.17, 15) is 9.59 Å². The molecule has 0 aliphatic heterocycles. The summed E-state index contributed by atoms with van der Waals surface area (Å²) in [7, 11) is 0. The summed E-state index contributed by atoms with van der Waals surface area (Å²) < 4.78 is 0. The smallest absolute Gasteiger partial charge is 0.336 e. The summed E-state index contributed by atoms with van der Waals surface area (Å²) in [6, 6.07) is 6.01. The maximum absolute atomic E-state index is 12.1. The maximum Gasteiger partial charge on any atom is 0.336 e. The van der Waals surface area contributed by atoms with Crippen molar-refractivity contribution in [2.24, 2.45) is 0 Å². The van der Waals surface area contributed by atoms with Crippen LogP contribution < -0.4 is 5.32 Å². The standard InChI is InChI=1S/C16H15NO3/c1-3-5-6-9-12(4-2)17-15(18)13-10-7-8-11-14(13)16(19)20/h3-11H,1-2H2,(H,17,18)(H,19,20)/b6-5-,12-9+. The number of carbonyl (C=O) groups is 2. The van der Waals surface area contributed by atoms with Crippen LogP contribution in [0.25, 0.3) is 0 Å². The van der Waals surface area contributed by atoms with E-state index in [1.54, 1.807) is 36.4 Å². The highest BCUT2D eigenvalue weighted by atomic mass is 16.4. The first-order valence-corrected chi connectivity index (χ1v) is 5.85. The zero-order chi connectivity index (χ0) is 15.0. The van der Waals surface area contributed by atoms with Crippen molar-refractivity contribution in [2.75, 3.05) is 0 Å². The van der Waals surface area contributed by atoms with Crippen molar-refractivity contribution in [1.29, 1.82) is 0 Å². The van der Waals surface area contributed by atoms with Gasteiger partial charge in [-0.15, -0.1) is 0 Å². The molecule has 2 N–H and O–H groups in total. The molecule has 1 rings (SSSR count). The second-order valence-electron chi connectivity index (χ2n) is 3.75. The number of hydrogen-bond acceptors (Lipinski definition) is 2. The van der Waals surface area contributed by atoms with Crippen LogP contribution in [0.4, 0.5) is 0 Å². The fraction of sp³-hybridized carbons (Fsp3) is 0. The zero-order valence-electron chi connectivity index (χ0n) is 10.9. The molecule has 0 aliphatic carbocycles. The number of carboxylic acids is 1. The molecule has 1 aromatic rings. The Kier molecular flexibility index (Phi) is 5.72. The van der Waals surface area contributed by atoms with Gasteiger partial charge < -0.3 is 10.4 Å². The Morgan fingerprint density at radius 1 is 1.10 bits per heavy atom. The normalized spacial score (nSPS) is 11.1. The monoisotopic (exact) mass is 269 g/mol. The molecular formula is C16H15NO3. The van der Waals surface area contributed by atoms with E-state index >= 15 is 0 Å². The lowest BCUT2D eigenvalue weighted by Crippen LogP contribution is -2.24. The van der Waals surface area contributed by atoms with Crippen molar-refractivity contribution in [3.05, 3.63) is 84.6 Å². The van der Waals surface area contributed by atoms with Crippen LogP contribution in [0.1, 0.15) is 20.7 Å². The fourth-order valence-electron chi connectivity index (χ4n) is 1.46. The Bertz CT molecular complexity index is 597. The number of hydrogen-bond donors (Lipinski definition) is 2. The summed E-state index contributed by atoms with van der Waals surface area (Å²) in [5.41, 5.74) is 0.517.